The summed E-state index contributed by atoms with van der Waals surface area (Å²) in [5, 5.41) is 8.74. The number of carboxylic acid groups (broad SMARTS) is 1. The van der Waals surface area contributed by atoms with Crippen molar-refractivity contribution >= 4 is 5.97 Å². The van der Waals surface area contributed by atoms with Crippen molar-refractivity contribution in [1.29, 1.82) is 0 Å². The van der Waals surface area contributed by atoms with Gasteiger partial charge in [0.05, 0.1) is 6.54 Å². The maximum Gasteiger partial charge on any atom is 0.317 e. The summed E-state index contributed by atoms with van der Waals surface area (Å²) in [6.45, 7) is 2.91. The molecule has 4 nitrogen and oxygen atoms in total. The number of likely N-dealkylation sites (tertiary alicyclic amines) is 1. The molecule has 0 aromatic heterocycles. The number of hydrogen-bond donors (Lipinski definition) is 2. The van der Waals surface area contributed by atoms with Crippen molar-refractivity contribution in [2.24, 2.45) is 17.1 Å². The molecule has 0 aromatic carbocycles. The van der Waals surface area contributed by atoms with Gasteiger partial charge in [0.2, 0.25) is 0 Å². The second-order valence-electron chi connectivity index (χ2n) is 5.20. The van der Waals surface area contributed by atoms with Gasteiger partial charge < -0.3 is 10.8 Å². The fourth-order valence-corrected chi connectivity index (χ4v) is 3.25. The van der Waals surface area contributed by atoms with Crippen molar-refractivity contribution in [2.75, 3.05) is 26.2 Å². The van der Waals surface area contributed by atoms with Crippen LogP contribution in [0.3, 0.4) is 0 Å². The molecule has 2 fully saturated rings. The van der Waals surface area contributed by atoms with Gasteiger partial charge in [0.15, 0.2) is 0 Å². The van der Waals surface area contributed by atoms with Gasteiger partial charge in [-0.2, -0.15) is 0 Å². The van der Waals surface area contributed by atoms with Gasteiger partial charge in [0.1, 0.15) is 0 Å². The molecule has 0 radical (unpaired) electrons. The van der Waals surface area contributed by atoms with Crippen molar-refractivity contribution in [3.8, 4) is 0 Å². The van der Waals surface area contributed by atoms with Crippen molar-refractivity contribution < 1.29 is 9.90 Å². The fourth-order valence-electron chi connectivity index (χ4n) is 3.25. The van der Waals surface area contributed by atoms with E-state index in [1.165, 1.54) is 19.3 Å². The largest absolute Gasteiger partial charge is 0.480 e. The minimum atomic E-state index is -0.708. The number of carbonyl (C=O) groups is 1. The molecule has 3 N–H and O–H groups in total. The lowest BCUT2D eigenvalue weighted by Gasteiger charge is -2.23. The molecular formula is C11H20N2O2. The monoisotopic (exact) mass is 212 g/mol. The highest BCUT2D eigenvalue weighted by Crippen LogP contribution is 2.47. The van der Waals surface area contributed by atoms with Gasteiger partial charge in [0, 0.05) is 6.54 Å². The predicted molar refractivity (Wildman–Crippen MR) is 57.5 cm³/mol. The third kappa shape index (κ3) is 2.32. The SMILES string of the molecule is NC[C@@H]1CC[C@]2(CCN(CC(=O)O)C2)C1. The van der Waals surface area contributed by atoms with Crippen LogP contribution >= 0.6 is 0 Å². The maximum atomic E-state index is 10.6. The van der Waals surface area contributed by atoms with Gasteiger partial charge in [-0.15, -0.1) is 0 Å². The molecule has 1 aliphatic heterocycles. The molecule has 0 unspecified atom stereocenters. The molecule has 1 heterocycles. The number of aliphatic carboxylic acids is 1. The molecule has 1 saturated carbocycles. The Kier molecular flexibility index (Phi) is 2.98. The van der Waals surface area contributed by atoms with Gasteiger partial charge in [0.25, 0.3) is 0 Å². The van der Waals surface area contributed by atoms with E-state index in [1.807, 2.05) is 0 Å². The van der Waals surface area contributed by atoms with E-state index in [0.29, 0.717) is 11.3 Å². The maximum absolute atomic E-state index is 10.6. The number of hydrogen-bond acceptors (Lipinski definition) is 3. The third-order valence-electron chi connectivity index (χ3n) is 4.01. The molecule has 0 bridgehead atoms. The smallest absolute Gasteiger partial charge is 0.317 e. The summed E-state index contributed by atoms with van der Waals surface area (Å²) in [7, 11) is 0. The lowest BCUT2D eigenvalue weighted by atomic mass is 9.84. The van der Waals surface area contributed by atoms with Crippen LogP contribution in [0, 0.1) is 11.3 Å². The first kappa shape index (κ1) is 10.9. The van der Waals surface area contributed by atoms with Crippen LogP contribution in [-0.2, 0) is 4.79 Å². The zero-order valence-electron chi connectivity index (χ0n) is 9.11. The van der Waals surface area contributed by atoms with Gasteiger partial charge >= 0.3 is 5.97 Å². The molecule has 1 spiro atoms. The second-order valence-corrected chi connectivity index (χ2v) is 5.20. The molecule has 2 aliphatic rings. The molecule has 15 heavy (non-hydrogen) atoms. The normalized spacial score (nSPS) is 36.5. The molecule has 1 aliphatic carbocycles. The Morgan fingerprint density at radius 3 is 2.93 bits per heavy atom. The van der Waals surface area contributed by atoms with Crippen molar-refractivity contribution in [2.45, 2.75) is 25.7 Å². The third-order valence-corrected chi connectivity index (χ3v) is 4.01. The first-order chi connectivity index (χ1) is 7.13. The summed E-state index contributed by atoms with van der Waals surface area (Å²) in [6, 6.07) is 0. The highest BCUT2D eigenvalue weighted by molar-refractivity contribution is 5.69. The minimum absolute atomic E-state index is 0.203. The first-order valence-corrected chi connectivity index (χ1v) is 5.78. The summed E-state index contributed by atoms with van der Waals surface area (Å²) < 4.78 is 0. The van der Waals surface area contributed by atoms with Crippen LogP contribution in [-0.4, -0.2) is 42.2 Å². The summed E-state index contributed by atoms with van der Waals surface area (Å²) in [6.07, 6.45) is 4.85. The Hall–Kier alpha value is -0.610. The number of nitrogens with zero attached hydrogens (tertiary/aromatic N) is 1. The summed E-state index contributed by atoms with van der Waals surface area (Å²) in [5.74, 6) is -0.0322. The van der Waals surface area contributed by atoms with Gasteiger partial charge in [-0.25, -0.2) is 0 Å². The van der Waals surface area contributed by atoms with E-state index in [0.717, 1.165) is 26.1 Å². The van der Waals surface area contributed by atoms with Crippen LogP contribution < -0.4 is 5.73 Å². The Labute approximate surface area is 90.4 Å². The number of carboxylic acids is 1. The average Bonchev–Trinajstić information content (AvgIpc) is 2.74. The highest BCUT2D eigenvalue weighted by Gasteiger charge is 2.43. The van der Waals surface area contributed by atoms with Crippen LogP contribution in [0.5, 0.6) is 0 Å². The minimum Gasteiger partial charge on any atom is -0.480 e. The average molecular weight is 212 g/mol. The first-order valence-electron chi connectivity index (χ1n) is 5.78. The van der Waals surface area contributed by atoms with Gasteiger partial charge in [-0.05, 0) is 50.1 Å². The Morgan fingerprint density at radius 2 is 2.33 bits per heavy atom. The summed E-state index contributed by atoms with van der Waals surface area (Å²) in [4.78, 5) is 12.7. The van der Waals surface area contributed by atoms with Crippen molar-refractivity contribution in [3.05, 3.63) is 0 Å². The fraction of sp³-hybridized carbons (Fsp3) is 0.909. The second kappa shape index (κ2) is 4.10. The number of nitrogens with two attached hydrogens (primary N) is 1. The van der Waals surface area contributed by atoms with Crippen molar-refractivity contribution in [1.82, 2.24) is 4.90 Å². The standard InChI is InChI=1S/C11H20N2O2/c12-6-9-1-2-11(5-9)3-4-13(8-11)7-10(14)15/h9H,1-8,12H2,(H,14,15)/t9-,11+/m1/s1. The lowest BCUT2D eigenvalue weighted by Crippen LogP contribution is -2.30. The molecule has 86 valence electrons. The van der Waals surface area contributed by atoms with E-state index in [4.69, 9.17) is 10.8 Å². The number of rotatable bonds is 3. The van der Waals surface area contributed by atoms with E-state index in [2.05, 4.69) is 4.90 Å². The molecule has 0 aromatic rings. The highest BCUT2D eigenvalue weighted by atomic mass is 16.4. The van der Waals surface area contributed by atoms with E-state index in [9.17, 15) is 4.79 Å². The molecular weight excluding hydrogens is 192 g/mol. The van der Waals surface area contributed by atoms with E-state index in [1.54, 1.807) is 0 Å². The summed E-state index contributed by atoms with van der Waals surface area (Å²) >= 11 is 0. The van der Waals surface area contributed by atoms with Crippen LogP contribution in [0.4, 0.5) is 0 Å². The van der Waals surface area contributed by atoms with Crippen LogP contribution in [0.25, 0.3) is 0 Å². The van der Waals surface area contributed by atoms with Gasteiger partial charge in [-0.1, -0.05) is 0 Å². The molecule has 1 saturated heterocycles. The van der Waals surface area contributed by atoms with Crippen LogP contribution in [0.1, 0.15) is 25.7 Å². The topological polar surface area (TPSA) is 66.6 Å². The molecule has 2 atom stereocenters. The molecule has 4 heteroatoms. The Bertz CT molecular complexity index is 257. The van der Waals surface area contributed by atoms with E-state index < -0.39 is 5.97 Å². The van der Waals surface area contributed by atoms with Gasteiger partial charge in [-0.3, -0.25) is 9.69 Å². The quantitative estimate of drug-likeness (QED) is 0.716. The Morgan fingerprint density at radius 1 is 1.53 bits per heavy atom. The zero-order valence-corrected chi connectivity index (χ0v) is 9.11. The van der Waals surface area contributed by atoms with E-state index >= 15 is 0 Å². The van der Waals surface area contributed by atoms with E-state index in [-0.39, 0.29) is 6.54 Å². The lowest BCUT2D eigenvalue weighted by molar-refractivity contribution is -0.138. The van der Waals surface area contributed by atoms with Crippen LogP contribution in [0.2, 0.25) is 0 Å². The zero-order chi connectivity index (χ0) is 10.9. The van der Waals surface area contributed by atoms with Crippen LogP contribution in [0.15, 0.2) is 0 Å². The van der Waals surface area contributed by atoms with Crippen molar-refractivity contribution in [3.63, 3.8) is 0 Å². The summed E-state index contributed by atoms with van der Waals surface area (Å²) in [5.41, 5.74) is 6.09. The molecule has 2 rings (SSSR count). The molecule has 0 amide bonds. The Balaban J connectivity index is 1.89. The predicted octanol–water partition coefficient (Wildman–Crippen LogP) is 0.522.